The lowest BCUT2D eigenvalue weighted by atomic mass is 9.77. The molecule has 0 N–H and O–H groups in total. The Morgan fingerprint density at radius 2 is 2.40 bits per heavy atom. The van der Waals surface area contributed by atoms with Crippen LogP contribution in [0.4, 0.5) is 0 Å². The lowest BCUT2D eigenvalue weighted by Gasteiger charge is -2.37. The minimum atomic E-state index is -1.86. The Balaban J connectivity index is 2.16. The molecule has 86 valence electrons. The Morgan fingerprint density at radius 1 is 1.73 bits per heavy atom. The summed E-state index contributed by atoms with van der Waals surface area (Å²) in [5, 5.41) is 0.524. The molecule has 15 heavy (non-hydrogen) atoms. The van der Waals surface area contributed by atoms with Crippen LogP contribution in [0.5, 0.6) is 0 Å². The van der Waals surface area contributed by atoms with Crippen LogP contribution in [-0.4, -0.2) is 10.9 Å². The lowest BCUT2D eigenvalue weighted by molar-refractivity contribution is 0.0696. The highest BCUT2D eigenvalue weighted by Gasteiger charge is 2.51. The molecule has 1 saturated carbocycles. The number of rotatable bonds is 1. The zero-order valence-electron chi connectivity index (χ0n) is 9.10. The van der Waals surface area contributed by atoms with Gasteiger partial charge < -0.3 is 4.52 Å². The van der Waals surface area contributed by atoms with Gasteiger partial charge in [0, 0.05) is 5.25 Å². The van der Waals surface area contributed by atoms with E-state index < -0.39 is 4.67 Å². The van der Waals surface area contributed by atoms with E-state index in [1.54, 1.807) is 11.4 Å². The highest BCUT2D eigenvalue weighted by Crippen LogP contribution is 2.76. The van der Waals surface area contributed by atoms with Gasteiger partial charge in [0.05, 0.1) is 5.60 Å². The second-order valence-corrected chi connectivity index (χ2v) is 14.4. The van der Waals surface area contributed by atoms with Crippen molar-refractivity contribution in [3.63, 3.8) is 0 Å². The first kappa shape index (κ1) is 12.5. The molecule has 4 atom stereocenters. The Morgan fingerprint density at radius 3 is 3.00 bits per heavy atom. The average molecular weight is 280 g/mol. The largest absolute Gasteiger partial charge is 0.327 e. The second-order valence-electron chi connectivity index (χ2n) is 4.78. The van der Waals surface area contributed by atoms with Crippen molar-refractivity contribution in [2.75, 3.05) is 0 Å². The minimum Gasteiger partial charge on any atom is -0.327 e. The van der Waals surface area contributed by atoms with Crippen LogP contribution < -0.4 is 0 Å². The first-order chi connectivity index (χ1) is 6.82. The normalized spacial score (nSPS) is 50.1. The van der Waals surface area contributed by atoms with Gasteiger partial charge in [-0.25, -0.2) is 0 Å². The summed E-state index contributed by atoms with van der Waals surface area (Å²) in [7, 11) is 0. The molecule has 0 amide bonds. The third kappa shape index (κ3) is 2.50. The molecule has 1 heterocycles. The summed E-state index contributed by atoms with van der Waals surface area (Å²) in [6, 6.07) is 0. The standard InChI is InChI=1S/C10H17OPS3/c1-7(2)8-4-5-10(3)9(6-8)15-12(13,14)11-10/h8-9H,1,4-6H2,2-3H3,(H,13,14)/t8-,9+,10+/m0/s1. The van der Waals surface area contributed by atoms with E-state index in [4.69, 9.17) is 16.3 Å². The van der Waals surface area contributed by atoms with Crippen molar-refractivity contribution in [1.82, 2.24) is 0 Å². The van der Waals surface area contributed by atoms with Gasteiger partial charge in [-0.3, -0.25) is 0 Å². The number of fused-ring (bicyclic) bond motifs is 1. The van der Waals surface area contributed by atoms with Crippen LogP contribution in [0.1, 0.15) is 33.1 Å². The molecule has 5 heteroatoms. The van der Waals surface area contributed by atoms with Gasteiger partial charge in [-0.2, -0.15) is 0 Å². The van der Waals surface area contributed by atoms with E-state index in [0.29, 0.717) is 11.2 Å². The Bertz CT molecular complexity index is 344. The summed E-state index contributed by atoms with van der Waals surface area (Å²) in [5.74, 6) is 0.653. The number of thiol groups is 1. The van der Waals surface area contributed by atoms with Gasteiger partial charge in [0.2, 0.25) is 0 Å². The van der Waals surface area contributed by atoms with E-state index in [9.17, 15) is 0 Å². The topological polar surface area (TPSA) is 9.23 Å². The van der Waals surface area contributed by atoms with E-state index in [-0.39, 0.29) is 5.60 Å². The van der Waals surface area contributed by atoms with Gasteiger partial charge in [-0.1, -0.05) is 23.5 Å². The lowest BCUT2D eigenvalue weighted by Crippen LogP contribution is -2.40. The summed E-state index contributed by atoms with van der Waals surface area (Å²) in [6.45, 7) is 8.39. The molecule has 0 bridgehead atoms. The monoisotopic (exact) mass is 280 g/mol. The van der Waals surface area contributed by atoms with Gasteiger partial charge in [0.25, 0.3) is 0 Å². The number of allylic oxidation sites excluding steroid dienone is 1. The molecule has 1 saturated heterocycles. The molecule has 0 aromatic heterocycles. The quantitative estimate of drug-likeness (QED) is 0.433. The van der Waals surface area contributed by atoms with Crippen LogP contribution in [-0.2, 0) is 16.3 Å². The Labute approximate surface area is 106 Å². The molecule has 1 unspecified atom stereocenters. The SMILES string of the molecule is C=C(C)[C@H]1CC[C@@]2(C)OP(=S)(S)S[C@@H]2C1. The molecule has 0 radical (unpaired) electrons. The van der Waals surface area contributed by atoms with Crippen molar-refractivity contribution in [2.45, 2.75) is 44.0 Å². The van der Waals surface area contributed by atoms with Crippen molar-refractivity contribution in [1.29, 1.82) is 0 Å². The fourth-order valence-electron chi connectivity index (χ4n) is 2.40. The molecular formula is C10H17OPS3. The molecule has 2 fully saturated rings. The highest BCUT2D eigenvalue weighted by molar-refractivity contribution is 8.95. The van der Waals surface area contributed by atoms with Crippen molar-refractivity contribution in [2.24, 2.45) is 5.92 Å². The number of hydrogen-bond acceptors (Lipinski definition) is 3. The summed E-state index contributed by atoms with van der Waals surface area (Å²) < 4.78 is 4.14. The van der Waals surface area contributed by atoms with Crippen molar-refractivity contribution >= 4 is 40.1 Å². The van der Waals surface area contributed by atoms with Crippen molar-refractivity contribution in [3.05, 3.63) is 12.2 Å². The maximum Gasteiger partial charge on any atom is 0.172 e. The molecule has 0 aromatic carbocycles. The van der Waals surface area contributed by atoms with E-state index in [2.05, 4.69) is 32.7 Å². The molecule has 2 rings (SSSR count). The van der Waals surface area contributed by atoms with E-state index in [1.165, 1.54) is 12.0 Å². The van der Waals surface area contributed by atoms with Crippen molar-refractivity contribution in [3.8, 4) is 0 Å². The summed E-state index contributed by atoms with van der Waals surface area (Å²) in [4.78, 5) is 0. The van der Waals surface area contributed by atoms with Gasteiger partial charge in [-0.15, -0.1) is 12.2 Å². The van der Waals surface area contributed by atoms with Gasteiger partial charge >= 0.3 is 0 Å². The fourth-order valence-corrected chi connectivity index (χ4v) is 9.85. The maximum atomic E-state index is 5.99. The van der Waals surface area contributed by atoms with Crippen LogP contribution in [0.25, 0.3) is 0 Å². The number of hydrogen-bond donors (Lipinski definition) is 1. The first-order valence-electron chi connectivity index (χ1n) is 5.20. The summed E-state index contributed by atoms with van der Waals surface area (Å²) >= 11 is 11.7. The smallest absolute Gasteiger partial charge is 0.172 e. The molecule has 0 aromatic rings. The van der Waals surface area contributed by atoms with Crippen LogP contribution in [0.3, 0.4) is 0 Å². The molecule has 1 nitrogen and oxygen atoms in total. The molecule has 1 aliphatic carbocycles. The zero-order valence-corrected chi connectivity index (χ0v) is 12.5. The summed E-state index contributed by atoms with van der Waals surface area (Å²) in [6.07, 6.45) is 3.45. The van der Waals surface area contributed by atoms with Crippen LogP contribution in [0.2, 0.25) is 0 Å². The third-order valence-electron chi connectivity index (χ3n) is 3.45. The van der Waals surface area contributed by atoms with Crippen molar-refractivity contribution < 1.29 is 4.52 Å². The van der Waals surface area contributed by atoms with Crippen LogP contribution >= 0.6 is 28.3 Å². The van der Waals surface area contributed by atoms with Gasteiger partial charge in [-0.05, 0) is 50.8 Å². The Hall–Kier alpha value is 1.05. The zero-order chi connectivity index (χ0) is 11.3. The third-order valence-corrected chi connectivity index (χ3v) is 9.19. The van der Waals surface area contributed by atoms with E-state index in [0.717, 1.165) is 12.8 Å². The predicted molar refractivity (Wildman–Crippen MR) is 76.3 cm³/mol. The molecule has 1 aliphatic heterocycles. The predicted octanol–water partition coefficient (Wildman–Crippen LogP) is 4.41. The Kier molecular flexibility index (Phi) is 3.39. The van der Waals surface area contributed by atoms with Crippen LogP contribution in [0, 0.1) is 5.92 Å². The van der Waals surface area contributed by atoms with E-state index >= 15 is 0 Å². The molecule has 0 spiro atoms. The van der Waals surface area contributed by atoms with Gasteiger partial charge in [0.1, 0.15) is 0 Å². The average Bonchev–Trinajstić information content (AvgIpc) is 2.31. The fraction of sp³-hybridized carbons (Fsp3) is 0.800. The maximum absolute atomic E-state index is 5.99. The minimum absolute atomic E-state index is 0.0199. The van der Waals surface area contributed by atoms with Gasteiger partial charge in [0.15, 0.2) is 4.67 Å². The highest BCUT2D eigenvalue weighted by atomic mass is 33.2. The van der Waals surface area contributed by atoms with Crippen LogP contribution in [0.15, 0.2) is 12.2 Å². The molecular weight excluding hydrogens is 263 g/mol. The van der Waals surface area contributed by atoms with E-state index in [1.807, 2.05) is 0 Å². The molecule has 2 aliphatic rings. The second kappa shape index (κ2) is 4.06. The first-order valence-corrected chi connectivity index (χ1v) is 10.6. The summed E-state index contributed by atoms with van der Waals surface area (Å²) in [5.41, 5.74) is 1.28.